The quantitative estimate of drug-likeness (QED) is 0.800. The fraction of sp³-hybridized carbons (Fsp3) is 0.583. The molecule has 0 spiro atoms. The van der Waals surface area contributed by atoms with Crippen LogP contribution in [0.5, 0.6) is 0 Å². The predicted molar refractivity (Wildman–Crippen MR) is 76.2 cm³/mol. The molecular weight excluding hydrogens is 364 g/mol. The summed E-state index contributed by atoms with van der Waals surface area (Å²) in [7, 11) is 0. The Morgan fingerprint density at radius 2 is 2.11 bits per heavy atom. The van der Waals surface area contributed by atoms with Crippen LogP contribution in [0, 0.1) is 0 Å². The first kappa shape index (κ1) is 14.1. The minimum absolute atomic E-state index is 0.252. The lowest BCUT2D eigenvalue weighted by molar-refractivity contribution is -0.130. The average Bonchev–Trinajstić information content (AvgIpc) is 2.96. The molecule has 18 heavy (non-hydrogen) atoms. The molecule has 0 radical (unpaired) electrons. The predicted octanol–water partition coefficient (Wildman–Crippen LogP) is 2.91. The Labute approximate surface area is 123 Å². The molecule has 1 fully saturated rings. The van der Waals surface area contributed by atoms with E-state index in [-0.39, 0.29) is 5.91 Å². The fourth-order valence-electron chi connectivity index (χ4n) is 2.01. The highest BCUT2D eigenvalue weighted by molar-refractivity contribution is 9.13. The molecule has 1 aromatic rings. The second-order valence-electron chi connectivity index (χ2n) is 4.35. The van der Waals surface area contributed by atoms with Crippen molar-refractivity contribution in [1.82, 2.24) is 10.2 Å². The van der Waals surface area contributed by atoms with Crippen molar-refractivity contribution in [3.63, 3.8) is 0 Å². The van der Waals surface area contributed by atoms with E-state index in [4.69, 9.17) is 4.42 Å². The molecule has 6 heteroatoms. The van der Waals surface area contributed by atoms with Gasteiger partial charge in [0.15, 0.2) is 4.67 Å². The molecule has 0 aliphatic carbocycles. The summed E-state index contributed by atoms with van der Waals surface area (Å²) in [5.74, 6) is 1.10. The van der Waals surface area contributed by atoms with E-state index in [0.29, 0.717) is 24.2 Å². The van der Waals surface area contributed by atoms with Gasteiger partial charge in [0.2, 0.25) is 5.91 Å². The van der Waals surface area contributed by atoms with Crippen molar-refractivity contribution in [3.8, 4) is 0 Å². The summed E-state index contributed by atoms with van der Waals surface area (Å²) >= 11 is 6.65. The van der Waals surface area contributed by atoms with Gasteiger partial charge in [0, 0.05) is 26.1 Å². The second-order valence-corrected chi connectivity index (χ2v) is 5.92. The van der Waals surface area contributed by atoms with Crippen LogP contribution in [-0.2, 0) is 11.3 Å². The number of amides is 1. The summed E-state index contributed by atoms with van der Waals surface area (Å²) in [4.78, 5) is 13.7. The van der Waals surface area contributed by atoms with Gasteiger partial charge in [-0.15, -0.1) is 0 Å². The highest BCUT2D eigenvalue weighted by Crippen LogP contribution is 2.26. The van der Waals surface area contributed by atoms with E-state index in [1.54, 1.807) is 0 Å². The molecule has 1 aliphatic heterocycles. The van der Waals surface area contributed by atoms with Crippen molar-refractivity contribution in [2.45, 2.75) is 25.8 Å². The highest BCUT2D eigenvalue weighted by atomic mass is 79.9. The van der Waals surface area contributed by atoms with E-state index in [1.165, 1.54) is 0 Å². The lowest BCUT2D eigenvalue weighted by atomic mass is 10.3. The molecule has 1 N–H and O–H groups in total. The van der Waals surface area contributed by atoms with Gasteiger partial charge in [-0.1, -0.05) is 0 Å². The van der Waals surface area contributed by atoms with E-state index >= 15 is 0 Å². The average molecular weight is 380 g/mol. The van der Waals surface area contributed by atoms with Crippen molar-refractivity contribution in [2.24, 2.45) is 0 Å². The highest BCUT2D eigenvalue weighted by Gasteiger charge is 2.16. The first-order valence-electron chi connectivity index (χ1n) is 6.09. The van der Waals surface area contributed by atoms with Crippen LogP contribution in [0.1, 0.15) is 25.0 Å². The van der Waals surface area contributed by atoms with Gasteiger partial charge in [-0.25, -0.2) is 0 Å². The summed E-state index contributed by atoms with van der Waals surface area (Å²) in [5, 5.41) is 3.21. The van der Waals surface area contributed by atoms with Crippen molar-refractivity contribution in [2.75, 3.05) is 19.6 Å². The lowest BCUT2D eigenvalue weighted by Crippen LogP contribution is -2.30. The number of furan rings is 1. The number of carbonyl (C=O) groups excluding carboxylic acids is 1. The van der Waals surface area contributed by atoms with Crippen molar-refractivity contribution < 1.29 is 9.21 Å². The van der Waals surface area contributed by atoms with Gasteiger partial charge in [0.1, 0.15) is 5.76 Å². The molecule has 100 valence electrons. The Morgan fingerprint density at radius 1 is 1.39 bits per heavy atom. The Bertz CT molecular complexity index is 395. The van der Waals surface area contributed by atoms with Gasteiger partial charge in [0.25, 0.3) is 0 Å². The number of hydrogen-bond acceptors (Lipinski definition) is 3. The fourth-order valence-corrected chi connectivity index (χ4v) is 2.67. The van der Waals surface area contributed by atoms with Gasteiger partial charge >= 0.3 is 0 Å². The third-order valence-corrected chi connectivity index (χ3v) is 4.68. The minimum atomic E-state index is 0.252. The Kier molecular flexibility index (Phi) is 5.26. The number of halogens is 2. The number of rotatable bonds is 5. The molecule has 2 heterocycles. The van der Waals surface area contributed by atoms with E-state index in [1.807, 2.05) is 11.0 Å². The van der Waals surface area contributed by atoms with E-state index in [2.05, 4.69) is 37.2 Å². The maximum atomic E-state index is 11.8. The van der Waals surface area contributed by atoms with E-state index in [0.717, 1.165) is 36.2 Å². The van der Waals surface area contributed by atoms with Crippen LogP contribution in [0.25, 0.3) is 0 Å². The topological polar surface area (TPSA) is 45.5 Å². The molecule has 1 amide bonds. The van der Waals surface area contributed by atoms with Crippen LogP contribution in [0.2, 0.25) is 0 Å². The van der Waals surface area contributed by atoms with E-state index in [9.17, 15) is 4.79 Å². The zero-order valence-electron chi connectivity index (χ0n) is 10.0. The van der Waals surface area contributed by atoms with Crippen LogP contribution in [-0.4, -0.2) is 30.4 Å². The maximum Gasteiger partial charge on any atom is 0.223 e. The molecule has 1 aromatic heterocycles. The summed E-state index contributed by atoms with van der Waals surface area (Å²) in [6.45, 7) is 3.18. The maximum absolute atomic E-state index is 11.8. The zero-order chi connectivity index (χ0) is 13.0. The second kappa shape index (κ2) is 6.73. The molecule has 1 saturated heterocycles. The van der Waals surface area contributed by atoms with Gasteiger partial charge < -0.3 is 14.6 Å². The standard InChI is InChI=1S/C12H16Br2N2O2/c13-10-7-9(18-12(10)14)8-15-4-3-11(17)16-5-1-2-6-16/h7,15H,1-6,8H2. The normalized spacial score (nSPS) is 15.3. The summed E-state index contributed by atoms with van der Waals surface area (Å²) in [6, 6.07) is 1.92. The molecular formula is C12H16Br2N2O2. The molecule has 0 unspecified atom stereocenters. The van der Waals surface area contributed by atoms with Gasteiger partial charge in [-0.2, -0.15) is 0 Å². The van der Waals surface area contributed by atoms with Gasteiger partial charge in [-0.3, -0.25) is 4.79 Å². The van der Waals surface area contributed by atoms with E-state index < -0.39 is 0 Å². The molecule has 1 aliphatic rings. The first-order valence-corrected chi connectivity index (χ1v) is 7.67. The molecule has 4 nitrogen and oxygen atoms in total. The van der Waals surface area contributed by atoms with Gasteiger partial charge in [0.05, 0.1) is 11.0 Å². The zero-order valence-corrected chi connectivity index (χ0v) is 13.2. The molecule has 0 atom stereocenters. The molecule has 0 aromatic carbocycles. The Balaban J connectivity index is 1.65. The number of hydrogen-bond donors (Lipinski definition) is 1. The largest absolute Gasteiger partial charge is 0.452 e. The first-order chi connectivity index (χ1) is 8.66. The number of nitrogens with zero attached hydrogens (tertiary/aromatic N) is 1. The molecule has 0 bridgehead atoms. The third kappa shape index (κ3) is 3.83. The Morgan fingerprint density at radius 3 is 2.72 bits per heavy atom. The number of carbonyl (C=O) groups is 1. The summed E-state index contributed by atoms with van der Waals surface area (Å²) in [6.07, 6.45) is 2.85. The van der Waals surface area contributed by atoms with Crippen LogP contribution in [0.4, 0.5) is 0 Å². The molecule has 0 saturated carbocycles. The number of nitrogens with one attached hydrogen (secondary N) is 1. The van der Waals surface area contributed by atoms with Crippen LogP contribution >= 0.6 is 31.9 Å². The smallest absolute Gasteiger partial charge is 0.223 e. The van der Waals surface area contributed by atoms with Crippen molar-refractivity contribution in [1.29, 1.82) is 0 Å². The number of likely N-dealkylation sites (tertiary alicyclic amines) is 1. The van der Waals surface area contributed by atoms with Crippen LogP contribution in [0.3, 0.4) is 0 Å². The summed E-state index contributed by atoms with van der Waals surface area (Å²) < 4.78 is 7.04. The lowest BCUT2D eigenvalue weighted by Gasteiger charge is -2.14. The molecule has 2 rings (SSSR count). The van der Waals surface area contributed by atoms with Crippen LogP contribution < -0.4 is 5.32 Å². The van der Waals surface area contributed by atoms with Gasteiger partial charge in [-0.05, 0) is 50.8 Å². The monoisotopic (exact) mass is 378 g/mol. The third-order valence-electron chi connectivity index (χ3n) is 2.97. The minimum Gasteiger partial charge on any atom is -0.452 e. The summed E-state index contributed by atoms with van der Waals surface area (Å²) in [5.41, 5.74) is 0. The SMILES string of the molecule is O=C(CCNCc1cc(Br)c(Br)o1)N1CCCC1. The van der Waals surface area contributed by atoms with Crippen LogP contribution in [0.15, 0.2) is 19.6 Å². The van der Waals surface area contributed by atoms with Crippen molar-refractivity contribution >= 4 is 37.8 Å². The Hall–Kier alpha value is -0.330. The van der Waals surface area contributed by atoms with Crippen molar-refractivity contribution in [3.05, 3.63) is 21.0 Å².